The van der Waals surface area contributed by atoms with Gasteiger partial charge in [0.1, 0.15) is 11.8 Å². The number of carboxylic acids is 1. The molecule has 0 aromatic heterocycles. The molecule has 0 aliphatic carbocycles. The maximum Gasteiger partial charge on any atom is 0.326 e. The first-order valence-electron chi connectivity index (χ1n) is 6.16. The minimum absolute atomic E-state index is 0.000940. The Morgan fingerprint density at radius 2 is 2.19 bits per heavy atom. The number of hydrogen-bond acceptors (Lipinski definition) is 4. The number of aliphatic hydroxyl groups excluding tert-OH is 1. The van der Waals surface area contributed by atoms with Crippen molar-refractivity contribution in [3.05, 3.63) is 27.7 Å². The summed E-state index contributed by atoms with van der Waals surface area (Å²) in [6.07, 6.45) is -0.788. The second-order valence-electron chi connectivity index (χ2n) is 4.65. The van der Waals surface area contributed by atoms with Crippen LogP contribution in [-0.2, 0) is 9.59 Å². The SMILES string of the molecule is O=C(O)[C@@H]1CC(O)CN1C(=O)COc1ccc(Cl)cc1Br. The van der Waals surface area contributed by atoms with Crippen molar-refractivity contribution in [1.29, 1.82) is 0 Å². The molecule has 1 amide bonds. The highest BCUT2D eigenvalue weighted by molar-refractivity contribution is 9.10. The number of nitrogens with zero attached hydrogens (tertiary/aromatic N) is 1. The third-order valence-corrected chi connectivity index (χ3v) is 3.98. The van der Waals surface area contributed by atoms with E-state index in [0.717, 1.165) is 4.90 Å². The summed E-state index contributed by atoms with van der Waals surface area (Å²) < 4.78 is 5.95. The van der Waals surface area contributed by atoms with Gasteiger partial charge in [-0.05, 0) is 34.1 Å². The molecule has 1 aromatic carbocycles. The van der Waals surface area contributed by atoms with Gasteiger partial charge in [-0.3, -0.25) is 4.79 Å². The smallest absolute Gasteiger partial charge is 0.326 e. The fourth-order valence-corrected chi connectivity index (χ4v) is 2.94. The molecule has 8 heteroatoms. The lowest BCUT2D eigenvalue weighted by molar-refractivity contribution is -0.149. The van der Waals surface area contributed by atoms with E-state index >= 15 is 0 Å². The predicted octanol–water partition coefficient (Wildman–Crippen LogP) is 1.53. The van der Waals surface area contributed by atoms with Gasteiger partial charge in [0.25, 0.3) is 5.91 Å². The number of amides is 1. The zero-order valence-corrected chi connectivity index (χ0v) is 13.2. The van der Waals surface area contributed by atoms with Crippen molar-refractivity contribution < 1.29 is 24.5 Å². The molecule has 0 bridgehead atoms. The van der Waals surface area contributed by atoms with E-state index < -0.39 is 24.0 Å². The zero-order valence-electron chi connectivity index (χ0n) is 10.8. The van der Waals surface area contributed by atoms with Gasteiger partial charge in [-0.2, -0.15) is 0 Å². The van der Waals surface area contributed by atoms with Crippen molar-refractivity contribution in [3.8, 4) is 5.75 Å². The Labute approximate surface area is 134 Å². The van der Waals surface area contributed by atoms with Crippen molar-refractivity contribution in [1.82, 2.24) is 4.90 Å². The Balaban J connectivity index is 1.99. The lowest BCUT2D eigenvalue weighted by atomic mass is 10.2. The fraction of sp³-hybridized carbons (Fsp3) is 0.385. The number of carbonyl (C=O) groups is 2. The van der Waals surface area contributed by atoms with Crippen molar-refractivity contribution in [2.24, 2.45) is 0 Å². The highest BCUT2D eigenvalue weighted by Crippen LogP contribution is 2.28. The van der Waals surface area contributed by atoms with Crippen LogP contribution in [0.5, 0.6) is 5.75 Å². The summed E-state index contributed by atoms with van der Waals surface area (Å²) in [7, 11) is 0. The van der Waals surface area contributed by atoms with Gasteiger partial charge in [0.05, 0.1) is 10.6 Å². The lowest BCUT2D eigenvalue weighted by Gasteiger charge is -2.21. The van der Waals surface area contributed by atoms with Gasteiger partial charge in [-0.25, -0.2) is 4.79 Å². The second kappa shape index (κ2) is 6.64. The van der Waals surface area contributed by atoms with Crippen LogP contribution in [0.15, 0.2) is 22.7 Å². The van der Waals surface area contributed by atoms with E-state index in [-0.39, 0.29) is 19.6 Å². The molecule has 2 N–H and O–H groups in total. The molecule has 21 heavy (non-hydrogen) atoms. The summed E-state index contributed by atoms with van der Waals surface area (Å²) in [5.74, 6) is -1.19. The van der Waals surface area contributed by atoms with Crippen LogP contribution in [0.3, 0.4) is 0 Å². The van der Waals surface area contributed by atoms with Crippen molar-refractivity contribution in [2.75, 3.05) is 13.2 Å². The average molecular weight is 379 g/mol. The van der Waals surface area contributed by atoms with Gasteiger partial charge < -0.3 is 19.8 Å². The van der Waals surface area contributed by atoms with Crippen LogP contribution in [0.1, 0.15) is 6.42 Å². The fourth-order valence-electron chi connectivity index (χ4n) is 2.14. The van der Waals surface area contributed by atoms with Crippen LogP contribution in [-0.4, -0.2) is 52.3 Å². The highest BCUT2D eigenvalue weighted by atomic mass is 79.9. The summed E-state index contributed by atoms with van der Waals surface area (Å²) in [5.41, 5.74) is 0. The van der Waals surface area contributed by atoms with Gasteiger partial charge in [0, 0.05) is 18.0 Å². The van der Waals surface area contributed by atoms with E-state index in [2.05, 4.69) is 15.9 Å². The molecular weight excluding hydrogens is 366 g/mol. The van der Waals surface area contributed by atoms with Crippen LogP contribution in [0.4, 0.5) is 0 Å². The molecule has 1 saturated heterocycles. The molecule has 1 aliphatic heterocycles. The van der Waals surface area contributed by atoms with Gasteiger partial charge in [0.15, 0.2) is 6.61 Å². The standard InChI is InChI=1S/C13H13BrClNO5/c14-9-3-7(15)1-2-11(9)21-6-12(18)16-5-8(17)4-10(16)13(19)20/h1-3,8,10,17H,4-6H2,(H,19,20)/t8?,10-/m0/s1. The first-order valence-corrected chi connectivity index (χ1v) is 7.33. The number of rotatable bonds is 4. The van der Waals surface area contributed by atoms with Crippen LogP contribution >= 0.6 is 27.5 Å². The second-order valence-corrected chi connectivity index (χ2v) is 5.94. The quantitative estimate of drug-likeness (QED) is 0.830. The number of halogens is 2. The van der Waals surface area contributed by atoms with Crippen LogP contribution in [0.25, 0.3) is 0 Å². The Morgan fingerprint density at radius 3 is 2.81 bits per heavy atom. The molecule has 1 unspecified atom stereocenters. The number of hydrogen-bond donors (Lipinski definition) is 2. The van der Waals surface area contributed by atoms with E-state index in [0.29, 0.717) is 15.2 Å². The molecule has 2 atom stereocenters. The van der Waals surface area contributed by atoms with E-state index in [4.69, 9.17) is 21.4 Å². The van der Waals surface area contributed by atoms with E-state index in [9.17, 15) is 14.7 Å². The molecule has 2 rings (SSSR count). The molecule has 6 nitrogen and oxygen atoms in total. The molecule has 1 fully saturated rings. The van der Waals surface area contributed by atoms with E-state index in [1.165, 1.54) is 0 Å². The van der Waals surface area contributed by atoms with Crippen molar-refractivity contribution in [3.63, 3.8) is 0 Å². The Kier molecular flexibility index (Phi) is 5.08. The Hall–Kier alpha value is -1.31. The van der Waals surface area contributed by atoms with Crippen LogP contribution in [0.2, 0.25) is 5.02 Å². The normalized spacial score (nSPS) is 21.4. The first kappa shape index (κ1) is 16.1. The van der Waals surface area contributed by atoms with Crippen molar-refractivity contribution in [2.45, 2.75) is 18.6 Å². The average Bonchev–Trinajstić information content (AvgIpc) is 2.80. The number of likely N-dealkylation sites (tertiary alicyclic amines) is 1. The first-order chi connectivity index (χ1) is 9.88. The van der Waals surface area contributed by atoms with Gasteiger partial charge in [0.2, 0.25) is 0 Å². The number of β-amino-alcohol motifs (C(OH)–C–C–N with tert-alkyl or cyclic N) is 1. The zero-order chi connectivity index (χ0) is 15.6. The number of ether oxygens (including phenoxy) is 1. The van der Waals surface area contributed by atoms with E-state index in [1.807, 2.05) is 0 Å². The summed E-state index contributed by atoms with van der Waals surface area (Å²) in [6, 6.07) is 3.84. The molecule has 1 aliphatic rings. The third kappa shape index (κ3) is 3.87. The van der Waals surface area contributed by atoms with Crippen LogP contribution < -0.4 is 4.74 Å². The monoisotopic (exact) mass is 377 g/mol. The van der Waals surface area contributed by atoms with Gasteiger partial charge >= 0.3 is 5.97 Å². The number of benzene rings is 1. The Morgan fingerprint density at radius 1 is 1.48 bits per heavy atom. The topological polar surface area (TPSA) is 87.1 Å². The molecule has 114 valence electrons. The predicted molar refractivity (Wildman–Crippen MR) is 78.4 cm³/mol. The molecule has 0 radical (unpaired) electrons. The number of aliphatic carboxylic acids is 1. The lowest BCUT2D eigenvalue weighted by Crippen LogP contribution is -2.42. The largest absolute Gasteiger partial charge is 0.483 e. The van der Waals surface area contributed by atoms with Gasteiger partial charge in [-0.1, -0.05) is 11.6 Å². The highest BCUT2D eigenvalue weighted by Gasteiger charge is 2.38. The minimum Gasteiger partial charge on any atom is -0.483 e. The summed E-state index contributed by atoms with van der Waals surface area (Å²) in [4.78, 5) is 24.2. The third-order valence-electron chi connectivity index (χ3n) is 3.13. The van der Waals surface area contributed by atoms with Crippen LogP contribution in [0, 0.1) is 0 Å². The number of carboxylic acid groups (broad SMARTS) is 1. The molecular formula is C13H13BrClNO5. The maximum absolute atomic E-state index is 12.0. The molecule has 0 spiro atoms. The summed E-state index contributed by atoms with van der Waals surface area (Å²) in [5, 5.41) is 19.1. The van der Waals surface area contributed by atoms with Crippen molar-refractivity contribution >= 4 is 39.4 Å². The van der Waals surface area contributed by atoms with Gasteiger partial charge in [-0.15, -0.1) is 0 Å². The molecule has 1 heterocycles. The maximum atomic E-state index is 12.0. The number of aliphatic hydroxyl groups is 1. The summed E-state index contributed by atoms with van der Waals surface area (Å²) in [6.45, 7) is -0.308. The molecule has 0 saturated carbocycles. The number of carbonyl (C=O) groups excluding carboxylic acids is 1. The summed E-state index contributed by atoms with van der Waals surface area (Å²) >= 11 is 9.06. The molecule has 1 aromatic rings. The minimum atomic E-state index is -1.13. The van der Waals surface area contributed by atoms with E-state index in [1.54, 1.807) is 18.2 Å². The Bertz CT molecular complexity index is 567.